The quantitative estimate of drug-likeness (QED) is 0.762. The van der Waals surface area contributed by atoms with Gasteiger partial charge in [-0.2, -0.15) is 0 Å². The molecule has 1 amide bonds. The van der Waals surface area contributed by atoms with E-state index >= 15 is 0 Å². The zero-order valence-corrected chi connectivity index (χ0v) is 15.0. The molecule has 0 bridgehead atoms. The van der Waals surface area contributed by atoms with E-state index in [1.54, 1.807) is 23.1 Å². The van der Waals surface area contributed by atoms with Gasteiger partial charge in [-0.1, -0.05) is 23.7 Å². The molecule has 0 aliphatic carbocycles. The van der Waals surface area contributed by atoms with Gasteiger partial charge < -0.3 is 4.90 Å². The molecule has 2 saturated heterocycles. The number of sulfone groups is 1. The summed E-state index contributed by atoms with van der Waals surface area (Å²) >= 11 is 5.93. The first kappa shape index (κ1) is 17.5. The Hall–Kier alpha value is -1.37. The summed E-state index contributed by atoms with van der Waals surface area (Å²) in [7, 11) is -2.86. The summed E-state index contributed by atoms with van der Waals surface area (Å²) in [5, 5.41) is 0.643. The second-order valence-corrected chi connectivity index (χ2v) is 8.97. The van der Waals surface area contributed by atoms with Crippen LogP contribution in [0.25, 0.3) is 6.08 Å². The van der Waals surface area contributed by atoms with Gasteiger partial charge in [0, 0.05) is 43.3 Å². The summed E-state index contributed by atoms with van der Waals surface area (Å²) in [6.45, 7) is 2.73. The maximum absolute atomic E-state index is 12.3. The van der Waals surface area contributed by atoms with Crippen molar-refractivity contribution >= 4 is 33.4 Å². The lowest BCUT2D eigenvalue weighted by Crippen LogP contribution is -2.52. The number of amides is 1. The molecule has 3 rings (SSSR count). The second kappa shape index (κ2) is 7.25. The summed E-state index contributed by atoms with van der Waals surface area (Å²) in [4.78, 5) is 16.3. The Labute approximate surface area is 147 Å². The fraction of sp³-hybridized carbons (Fsp3) is 0.471. The molecule has 2 fully saturated rings. The first-order valence-corrected chi connectivity index (χ1v) is 10.3. The van der Waals surface area contributed by atoms with E-state index in [4.69, 9.17) is 11.6 Å². The number of hydrogen-bond donors (Lipinski definition) is 0. The fourth-order valence-corrected chi connectivity index (χ4v) is 5.21. The van der Waals surface area contributed by atoms with Gasteiger partial charge >= 0.3 is 0 Å². The van der Waals surface area contributed by atoms with Crippen LogP contribution >= 0.6 is 11.6 Å². The highest BCUT2D eigenvalue weighted by atomic mass is 35.5. The van der Waals surface area contributed by atoms with Crippen molar-refractivity contribution in [2.75, 3.05) is 37.7 Å². The molecule has 0 saturated carbocycles. The van der Waals surface area contributed by atoms with Crippen molar-refractivity contribution in [1.82, 2.24) is 9.80 Å². The van der Waals surface area contributed by atoms with Crippen LogP contribution in [0.2, 0.25) is 5.02 Å². The van der Waals surface area contributed by atoms with Gasteiger partial charge in [0.1, 0.15) is 0 Å². The normalized spacial score (nSPS) is 24.5. The highest BCUT2D eigenvalue weighted by Gasteiger charge is 2.34. The van der Waals surface area contributed by atoms with Crippen LogP contribution in [0.3, 0.4) is 0 Å². The minimum atomic E-state index is -2.86. The third-order valence-corrected chi connectivity index (χ3v) is 6.60. The highest BCUT2D eigenvalue weighted by molar-refractivity contribution is 7.91. The maximum Gasteiger partial charge on any atom is 0.246 e. The van der Waals surface area contributed by atoms with Crippen LogP contribution in [-0.4, -0.2) is 67.9 Å². The van der Waals surface area contributed by atoms with E-state index in [1.165, 1.54) is 0 Å². The number of piperazine rings is 1. The monoisotopic (exact) mass is 368 g/mol. The van der Waals surface area contributed by atoms with Gasteiger partial charge in [-0.3, -0.25) is 9.69 Å². The lowest BCUT2D eigenvalue weighted by atomic mass is 10.2. The zero-order chi connectivity index (χ0) is 17.2. The molecular formula is C17H21ClN2O3S. The van der Waals surface area contributed by atoms with Crippen molar-refractivity contribution in [1.29, 1.82) is 0 Å². The van der Waals surface area contributed by atoms with Crippen molar-refractivity contribution in [3.63, 3.8) is 0 Å². The second-order valence-electron chi connectivity index (χ2n) is 6.31. The number of benzene rings is 1. The molecule has 1 aromatic carbocycles. The third-order valence-electron chi connectivity index (χ3n) is 4.62. The SMILES string of the molecule is O=C(/C=C/c1cccc(Cl)c1)N1CCN([C@@H]2CCS(=O)(=O)C2)CC1. The zero-order valence-electron chi connectivity index (χ0n) is 13.4. The van der Waals surface area contributed by atoms with E-state index in [-0.39, 0.29) is 17.7 Å². The number of rotatable bonds is 3. The standard InChI is InChI=1S/C17H21ClN2O3S/c18-15-3-1-2-14(12-15)4-5-17(21)20-9-7-19(8-10-20)16-6-11-24(22,23)13-16/h1-5,12,16H,6-11,13H2/b5-4+/t16-/m1/s1. The molecule has 5 nitrogen and oxygen atoms in total. The van der Waals surface area contributed by atoms with Crippen LogP contribution in [0.4, 0.5) is 0 Å². The molecule has 1 atom stereocenters. The van der Waals surface area contributed by atoms with Gasteiger partial charge in [-0.15, -0.1) is 0 Å². The number of carbonyl (C=O) groups excluding carboxylic acids is 1. The van der Waals surface area contributed by atoms with Crippen LogP contribution in [0.1, 0.15) is 12.0 Å². The number of halogens is 1. The van der Waals surface area contributed by atoms with Crippen LogP contribution < -0.4 is 0 Å². The number of hydrogen-bond acceptors (Lipinski definition) is 4. The van der Waals surface area contributed by atoms with Gasteiger partial charge in [0.2, 0.25) is 5.91 Å². The van der Waals surface area contributed by atoms with E-state index < -0.39 is 9.84 Å². The Balaban J connectivity index is 1.52. The van der Waals surface area contributed by atoms with E-state index in [1.807, 2.05) is 18.2 Å². The van der Waals surface area contributed by atoms with Gasteiger partial charge in [0.05, 0.1) is 11.5 Å². The molecule has 130 valence electrons. The molecule has 24 heavy (non-hydrogen) atoms. The molecule has 2 aliphatic rings. The minimum absolute atomic E-state index is 0.0198. The Kier molecular flexibility index (Phi) is 5.27. The predicted molar refractivity (Wildman–Crippen MR) is 95.7 cm³/mol. The smallest absolute Gasteiger partial charge is 0.246 e. The summed E-state index contributed by atoms with van der Waals surface area (Å²) in [6.07, 6.45) is 4.05. The minimum Gasteiger partial charge on any atom is -0.337 e. The van der Waals surface area contributed by atoms with Gasteiger partial charge in [0.25, 0.3) is 0 Å². The average Bonchev–Trinajstić information content (AvgIpc) is 2.93. The molecule has 0 aromatic heterocycles. The van der Waals surface area contributed by atoms with Gasteiger partial charge in [0.15, 0.2) is 9.84 Å². The number of carbonyl (C=O) groups is 1. The van der Waals surface area contributed by atoms with Crippen molar-refractivity contribution in [2.24, 2.45) is 0 Å². The van der Waals surface area contributed by atoms with E-state index in [9.17, 15) is 13.2 Å². The molecule has 2 heterocycles. The summed E-state index contributed by atoms with van der Waals surface area (Å²) in [5.41, 5.74) is 0.894. The maximum atomic E-state index is 12.3. The molecule has 0 spiro atoms. The van der Waals surface area contributed by atoms with Crippen molar-refractivity contribution < 1.29 is 13.2 Å². The van der Waals surface area contributed by atoms with E-state index in [2.05, 4.69) is 4.90 Å². The lowest BCUT2D eigenvalue weighted by Gasteiger charge is -2.37. The van der Waals surface area contributed by atoms with Gasteiger partial charge in [-0.05, 0) is 30.2 Å². The fourth-order valence-electron chi connectivity index (χ4n) is 3.25. The predicted octanol–water partition coefficient (Wildman–Crippen LogP) is 1.68. The van der Waals surface area contributed by atoms with Crippen LogP contribution in [0, 0.1) is 0 Å². The molecule has 0 unspecified atom stereocenters. The molecule has 7 heteroatoms. The lowest BCUT2D eigenvalue weighted by molar-refractivity contribution is -0.127. The molecule has 2 aliphatic heterocycles. The van der Waals surface area contributed by atoms with Crippen molar-refractivity contribution in [3.05, 3.63) is 40.9 Å². The molecular weight excluding hydrogens is 348 g/mol. The molecule has 1 aromatic rings. The van der Waals surface area contributed by atoms with Crippen LogP contribution in [0.5, 0.6) is 0 Å². The van der Waals surface area contributed by atoms with E-state index in [0.717, 1.165) is 18.7 Å². The Morgan fingerprint density at radius 3 is 2.58 bits per heavy atom. The summed E-state index contributed by atoms with van der Waals surface area (Å²) in [6, 6.07) is 7.47. The van der Waals surface area contributed by atoms with Crippen molar-refractivity contribution in [3.8, 4) is 0 Å². The molecule has 0 radical (unpaired) electrons. The summed E-state index contributed by atoms with van der Waals surface area (Å²) in [5.74, 6) is 0.531. The summed E-state index contributed by atoms with van der Waals surface area (Å²) < 4.78 is 23.2. The van der Waals surface area contributed by atoms with Crippen LogP contribution in [0.15, 0.2) is 30.3 Å². The average molecular weight is 369 g/mol. The molecule has 0 N–H and O–H groups in total. The Morgan fingerprint density at radius 2 is 1.96 bits per heavy atom. The van der Waals surface area contributed by atoms with E-state index in [0.29, 0.717) is 30.3 Å². The number of nitrogens with zero attached hydrogens (tertiary/aromatic N) is 2. The highest BCUT2D eigenvalue weighted by Crippen LogP contribution is 2.19. The first-order chi connectivity index (χ1) is 11.4. The van der Waals surface area contributed by atoms with Crippen LogP contribution in [-0.2, 0) is 14.6 Å². The Bertz CT molecular complexity index is 740. The first-order valence-electron chi connectivity index (χ1n) is 8.10. The van der Waals surface area contributed by atoms with Crippen molar-refractivity contribution in [2.45, 2.75) is 12.5 Å². The largest absolute Gasteiger partial charge is 0.337 e. The Morgan fingerprint density at radius 1 is 1.21 bits per heavy atom. The third kappa shape index (κ3) is 4.37. The topological polar surface area (TPSA) is 57.7 Å². The van der Waals surface area contributed by atoms with Gasteiger partial charge in [-0.25, -0.2) is 8.42 Å².